The molecule has 1 saturated heterocycles. The fourth-order valence-corrected chi connectivity index (χ4v) is 4.57. The van der Waals surface area contributed by atoms with Crippen LogP contribution in [0.4, 0.5) is 10.1 Å². The molecule has 0 unspecified atom stereocenters. The first-order valence-corrected chi connectivity index (χ1v) is 10.6. The molecule has 5 rings (SSSR count). The normalized spacial score (nSPS) is 17.7. The molecule has 2 N–H and O–H groups in total. The molecule has 30 heavy (non-hydrogen) atoms. The van der Waals surface area contributed by atoms with Crippen LogP contribution in [0.3, 0.4) is 0 Å². The van der Waals surface area contributed by atoms with E-state index in [1.54, 1.807) is 13.0 Å². The predicted octanol–water partition coefficient (Wildman–Crippen LogP) is 4.12. The molecular formula is C25H26FN3O. The molecule has 3 aromatic rings. The number of hydrogen-bond acceptors (Lipinski definition) is 3. The lowest BCUT2D eigenvalue weighted by Crippen LogP contribution is -2.44. The van der Waals surface area contributed by atoms with E-state index in [2.05, 4.69) is 41.0 Å². The molecule has 1 saturated carbocycles. The summed E-state index contributed by atoms with van der Waals surface area (Å²) in [5.41, 5.74) is 2.56. The Morgan fingerprint density at radius 1 is 1.07 bits per heavy atom. The molecule has 1 amide bonds. The maximum atomic E-state index is 14.7. The Balaban J connectivity index is 1.46. The molecule has 3 aromatic carbocycles. The summed E-state index contributed by atoms with van der Waals surface area (Å²) in [6.45, 7) is 4.91. The van der Waals surface area contributed by atoms with Crippen LogP contribution in [-0.4, -0.2) is 32.1 Å². The maximum Gasteiger partial charge on any atom is 0.252 e. The van der Waals surface area contributed by atoms with E-state index in [0.717, 1.165) is 44.6 Å². The predicted molar refractivity (Wildman–Crippen MR) is 119 cm³/mol. The number of carbonyl (C=O) groups is 1. The maximum absolute atomic E-state index is 14.7. The van der Waals surface area contributed by atoms with Gasteiger partial charge in [0, 0.05) is 31.7 Å². The van der Waals surface area contributed by atoms with Gasteiger partial charge in [0.1, 0.15) is 5.82 Å². The molecule has 5 heteroatoms. The van der Waals surface area contributed by atoms with Crippen LogP contribution in [0, 0.1) is 12.7 Å². The topological polar surface area (TPSA) is 44.4 Å². The molecule has 1 heterocycles. The van der Waals surface area contributed by atoms with Crippen molar-refractivity contribution in [3.8, 4) is 0 Å². The largest absolute Gasteiger partial charge is 0.367 e. The average Bonchev–Trinajstić information content (AvgIpc) is 3.54. The monoisotopic (exact) mass is 403 g/mol. The van der Waals surface area contributed by atoms with Gasteiger partial charge in [-0.05, 0) is 53.8 Å². The number of halogens is 1. The van der Waals surface area contributed by atoms with E-state index < -0.39 is 0 Å². The highest BCUT2D eigenvalue weighted by Crippen LogP contribution is 2.48. The minimum absolute atomic E-state index is 0.130. The summed E-state index contributed by atoms with van der Waals surface area (Å²) in [6.07, 6.45) is 1.83. The van der Waals surface area contributed by atoms with Crippen molar-refractivity contribution in [1.82, 2.24) is 10.6 Å². The van der Waals surface area contributed by atoms with Crippen LogP contribution in [0.5, 0.6) is 0 Å². The molecule has 0 radical (unpaired) electrons. The summed E-state index contributed by atoms with van der Waals surface area (Å²) < 4.78 is 14.7. The van der Waals surface area contributed by atoms with Gasteiger partial charge in [-0.2, -0.15) is 0 Å². The Kier molecular flexibility index (Phi) is 4.70. The number of amides is 1. The SMILES string of the molecule is Cc1cc(F)c(N2CCNCC2)cc1C(=O)NC1(c2cccc3ccccc23)CC1. The third kappa shape index (κ3) is 3.33. The fraction of sp³-hybridized carbons (Fsp3) is 0.320. The zero-order valence-corrected chi connectivity index (χ0v) is 17.2. The molecule has 0 bridgehead atoms. The first-order chi connectivity index (χ1) is 14.6. The molecule has 1 aliphatic heterocycles. The molecule has 1 aliphatic carbocycles. The Morgan fingerprint density at radius 3 is 2.57 bits per heavy atom. The molecule has 4 nitrogen and oxygen atoms in total. The summed E-state index contributed by atoms with van der Waals surface area (Å²) in [6, 6.07) is 17.8. The van der Waals surface area contributed by atoms with Crippen molar-refractivity contribution in [3.63, 3.8) is 0 Å². The molecule has 154 valence electrons. The lowest BCUT2D eigenvalue weighted by Gasteiger charge is -2.30. The molecule has 0 atom stereocenters. The van der Waals surface area contributed by atoms with Gasteiger partial charge < -0.3 is 15.5 Å². The zero-order chi connectivity index (χ0) is 20.7. The molecular weight excluding hydrogens is 377 g/mol. The summed E-state index contributed by atoms with van der Waals surface area (Å²) in [5.74, 6) is -0.393. The van der Waals surface area contributed by atoms with Gasteiger partial charge in [0.2, 0.25) is 0 Å². The Morgan fingerprint density at radius 2 is 1.80 bits per heavy atom. The lowest BCUT2D eigenvalue weighted by molar-refractivity contribution is 0.0930. The highest BCUT2D eigenvalue weighted by molar-refractivity contribution is 5.98. The average molecular weight is 404 g/mol. The second kappa shape index (κ2) is 7.40. The number of rotatable bonds is 4. The summed E-state index contributed by atoms with van der Waals surface area (Å²) in [5, 5.41) is 8.92. The second-order valence-electron chi connectivity index (χ2n) is 8.42. The Labute approximate surface area is 176 Å². The van der Waals surface area contributed by atoms with Gasteiger partial charge in [-0.15, -0.1) is 0 Å². The van der Waals surface area contributed by atoms with Crippen LogP contribution in [0.1, 0.15) is 34.3 Å². The van der Waals surface area contributed by atoms with E-state index in [4.69, 9.17) is 0 Å². The first kappa shape index (κ1) is 19.1. The number of aryl methyl sites for hydroxylation is 1. The third-order valence-electron chi connectivity index (χ3n) is 6.40. The van der Waals surface area contributed by atoms with Crippen molar-refractivity contribution in [2.45, 2.75) is 25.3 Å². The van der Waals surface area contributed by atoms with Gasteiger partial charge in [-0.3, -0.25) is 4.79 Å². The number of hydrogen-bond donors (Lipinski definition) is 2. The number of carbonyl (C=O) groups excluding carboxylic acids is 1. The van der Waals surface area contributed by atoms with Crippen LogP contribution in [-0.2, 0) is 5.54 Å². The number of nitrogens with zero attached hydrogens (tertiary/aromatic N) is 1. The van der Waals surface area contributed by atoms with Crippen molar-refractivity contribution < 1.29 is 9.18 Å². The molecule has 0 spiro atoms. The van der Waals surface area contributed by atoms with E-state index in [-0.39, 0.29) is 17.3 Å². The number of anilines is 1. The van der Waals surface area contributed by atoms with Crippen LogP contribution in [0.2, 0.25) is 0 Å². The standard InChI is InChI=1S/C25H26FN3O/c1-17-15-22(26)23(29-13-11-27-12-14-29)16-20(17)24(30)28-25(9-10-25)21-8-4-6-18-5-2-3-7-19(18)21/h2-8,15-16,27H,9-14H2,1H3,(H,28,30). The van der Waals surface area contributed by atoms with Crippen molar-refractivity contribution in [2.75, 3.05) is 31.1 Å². The lowest BCUT2D eigenvalue weighted by atomic mass is 9.96. The number of fused-ring (bicyclic) bond motifs is 1. The van der Waals surface area contributed by atoms with Gasteiger partial charge in [0.15, 0.2) is 0 Å². The Hall–Kier alpha value is -2.92. The van der Waals surface area contributed by atoms with E-state index in [1.807, 2.05) is 17.0 Å². The van der Waals surface area contributed by atoms with Gasteiger partial charge >= 0.3 is 0 Å². The third-order valence-corrected chi connectivity index (χ3v) is 6.40. The van der Waals surface area contributed by atoms with E-state index >= 15 is 0 Å². The van der Waals surface area contributed by atoms with Crippen molar-refractivity contribution in [2.24, 2.45) is 0 Å². The molecule has 2 aliphatic rings. The minimum Gasteiger partial charge on any atom is -0.367 e. The minimum atomic E-state index is -0.339. The quantitative estimate of drug-likeness (QED) is 0.689. The highest BCUT2D eigenvalue weighted by atomic mass is 19.1. The smallest absolute Gasteiger partial charge is 0.252 e. The highest BCUT2D eigenvalue weighted by Gasteiger charge is 2.46. The van der Waals surface area contributed by atoms with Crippen molar-refractivity contribution >= 4 is 22.4 Å². The summed E-state index contributed by atoms with van der Waals surface area (Å²) in [7, 11) is 0. The van der Waals surface area contributed by atoms with Crippen LogP contribution < -0.4 is 15.5 Å². The zero-order valence-electron chi connectivity index (χ0n) is 17.2. The Bertz CT molecular complexity index is 1110. The molecule has 2 fully saturated rings. The van der Waals surface area contributed by atoms with Crippen LogP contribution >= 0.6 is 0 Å². The number of nitrogens with one attached hydrogen (secondary N) is 2. The molecule has 0 aromatic heterocycles. The summed E-state index contributed by atoms with van der Waals surface area (Å²) >= 11 is 0. The van der Waals surface area contributed by atoms with E-state index in [1.165, 1.54) is 16.8 Å². The van der Waals surface area contributed by atoms with Gasteiger partial charge in [0.05, 0.1) is 11.2 Å². The van der Waals surface area contributed by atoms with Crippen molar-refractivity contribution in [3.05, 3.63) is 77.1 Å². The second-order valence-corrected chi connectivity index (χ2v) is 8.42. The van der Waals surface area contributed by atoms with E-state index in [9.17, 15) is 9.18 Å². The number of benzene rings is 3. The number of piperazine rings is 1. The van der Waals surface area contributed by atoms with E-state index in [0.29, 0.717) is 16.8 Å². The van der Waals surface area contributed by atoms with Crippen LogP contribution in [0.25, 0.3) is 10.8 Å². The fourth-order valence-electron chi connectivity index (χ4n) is 4.57. The van der Waals surface area contributed by atoms with Crippen molar-refractivity contribution in [1.29, 1.82) is 0 Å². The van der Waals surface area contributed by atoms with Crippen LogP contribution in [0.15, 0.2) is 54.6 Å². The van der Waals surface area contributed by atoms with Gasteiger partial charge in [-0.1, -0.05) is 42.5 Å². The first-order valence-electron chi connectivity index (χ1n) is 10.6. The van der Waals surface area contributed by atoms with Gasteiger partial charge in [-0.25, -0.2) is 4.39 Å². The summed E-state index contributed by atoms with van der Waals surface area (Å²) in [4.78, 5) is 15.3. The van der Waals surface area contributed by atoms with Gasteiger partial charge in [0.25, 0.3) is 5.91 Å².